The summed E-state index contributed by atoms with van der Waals surface area (Å²) in [5, 5.41) is 0. The van der Waals surface area contributed by atoms with Gasteiger partial charge in [0.2, 0.25) is 0 Å². The fraction of sp³-hybridized carbons (Fsp3) is 0.550. The molecule has 24 heavy (non-hydrogen) atoms. The molecule has 0 bridgehead atoms. The van der Waals surface area contributed by atoms with Crippen LogP contribution in [0.3, 0.4) is 0 Å². The van der Waals surface area contributed by atoms with E-state index in [1.165, 1.54) is 5.56 Å². The topological polar surface area (TPSA) is 38.8 Å². The van der Waals surface area contributed by atoms with Gasteiger partial charge in [0.15, 0.2) is 0 Å². The van der Waals surface area contributed by atoms with Crippen molar-refractivity contribution in [3.05, 3.63) is 48.6 Å². The van der Waals surface area contributed by atoms with Gasteiger partial charge in [0.05, 0.1) is 13.2 Å². The lowest BCUT2D eigenvalue weighted by atomic mass is 9.79. The summed E-state index contributed by atoms with van der Waals surface area (Å²) in [5.41, 5.74) is 0.652. The summed E-state index contributed by atoms with van der Waals surface area (Å²) in [4.78, 5) is 13.9. The van der Waals surface area contributed by atoms with E-state index in [4.69, 9.17) is 9.47 Å². The van der Waals surface area contributed by atoms with Gasteiger partial charge < -0.3 is 14.4 Å². The molecule has 1 aromatic rings. The van der Waals surface area contributed by atoms with Crippen molar-refractivity contribution in [1.29, 1.82) is 0 Å². The molecule has 1 fully saturated rings. The van der Waals surface area contributed by atoms with Crippen molar-refractivity contribution in [2.45, 2.75) is 45.8 Å². The molecule has 1 saturated heterocycles. The molecule has 0 aromatic heterocycles. The van der Waals surface area contributed by atoms with E-state index in [-0.39, 0.29) is 11.5 Å². The van der Waals surface area contributed by atoms with Crippen LogP contribution in [0.2, 0.25) is 0 Å². The molecule has 0 saturated carbocycles. The van der Waals surface area contributed by atoms with Crippen molar-refractivity contribution < 1.29 is 14.3 Å². The predicted molar refractivity (Wildman–Crippen MR) is 95.8 cm³/mol. The Balaban J connectivity index is 1.82. The summed E-state index contributed by atoms with van der Waals surface area (Å²) in [7, 11) is 0. The zero-order chi connectivity index (χ0) is 17.6. The summed E-state index contributed by atoms with van der Waals surface area (Å²) in [6.45, 7) is 12.3. The molecule has 132 valence electrons. The van der Waals surface area contributed by atoms with Crippen molar-refractivity contribution in [3.63, 3.8) is 0 Å². The summed E-state index contributed by atoms with van der Waals surface area (Å²) in [6, 6.07) is 10.2. The molecule has 0 N–H and O–H groups in total. The highest BCUT2D eigenvalue weighted by Gasteiger charge is 2.35. The number of hydrogen-bond acceptors (Lipinski definition) is 3. The smallest absolute Gasteiger partial charge is 0.410 e. The number of nitrogens with zero attached hydrogens (tertiary/aromatic N) is 1. The molecule has 1 aliphatic heterocycles. The minimum Gasteiger partial charge on any atom is -0.444 e. The zero-order valence-corrected chi connectivity index (χ0v) is 15.1. The molecular formula is C20H29NO3. The molecule has 1 aliphatic rings. The minimum atomic E-state index is -0.456. The minimum absolute atomic E-state index is 0.0622. The Morgan fingerprint density at radius 2 is 1.88 bits per heavy atom. The van der Waals surface area contributed by atoms with Crippen LogP contribution in [0.4, 0.5) is 4.79 Å². The third-order valence-corrected chi connectivity index (χ3v) is 4.35. The van der Waals surface area contributed by atoms with E-state index >= 15 is 0 Å². The average molecular weight is 331 g/mol. The Kier molecular flexibility index (Phi) is 6.05. The largest absolute Gasteiger partial charge is 0.444 e. The van der Waals surface area contributed by atoms with Crippen LogP contribution in [-0.4, -0.2) is 36.3 Å². The Bertz CT molecular complexity index is 540. The van der Waals surface area contributed by atoms with Crippen LogP contribution >= 0.6 is 0 Å². The van der Waals surface area contributed by atoms with E-state index in [2.05, 4.69) is 18.7 Å². The molecule has 0 unspecified atom stereocenters. The van der Waals surface area contributed by atoms with Gasteiger partial charge in [0, 0.05) is 18.5 Å². The predicted octanol–water partition coefficient (Wildman–Crippen LogP) is 4.41. The van der Waals surface area contributed by atoms with Crippen LogP contribution in [0.15, 0.2) is 43.0 Å². The highest BCUT2D eigenvalue weighted by atomic mass is 16.6. The molecule has 0 spiro atoms. The number of carbonyl (C=O) groups excluding carboxylic acids is 1. The SMILES string of the molecule is C=CC1(COCc2ccccc2)CCN(C(=O)OC(C)(C)C)CC1. The molecule has 0 aliphatic carbocycles. The van der Waals surface area contributed by atoms with Crippen LogP contribution in [0.5, 0.6) is 0 Å². The molecule has 1 heterocycles. The van der Waals surface area contributed by atoms with Gasteiger partial charge in [0.1, 0.15) is 5.60 Å². The summed E-state index contributed by atoms with van der Waals surface area (Å²) >= 11 is 0. The van der Waals surface area contributed by atoms with E-state index in [1.54, 1.807) is 4.90 Å². The summed E-state index contributed by atoms with van der Waals surface area (Å²) in [6.07, 6.45) is 3.46. The van der Waals surface area contributed by atoms with Crippen LogP contribution in [0.25, 0.3) is 0 Å². The van der Waals surface area contributed by atoms with Crippen molar-refractivity contribution >= 4 is 6.09 Å². The van der Waals surface area contributed by atoms with Crippen molar-refractivity contribution in [2.24, 2.45) is 5.41 Å². The maximum Gasteiger partial charge on any atom is 0.410 e. The van der Waals surface area contributed by atoms with Gasteiger partial charge >= 0.3 is 6.09 Å². The molecule has 2 rings (SSSR count). The van der Waals surface area contributed by atoms with Gasteiger partial charge in [-0.2, -0.15) is 0 Å². The number of carbonyl (C=O) groups is 1. The van der Waals surface area contributed by atoms with E-state index in [9.17, 15) is 4.79 Å². The maximum atomic E-state index is 12.2. The molecule has 1 amide bonds. The highest BCUT2D eigenvalue weighted by molar-refractivity contribution is 5.68. The zero-order valence-electron chi connectivity index (χ0n) is 15.1. The van der Waals surface area contributed by atoms with Crippen LogP contribution < -0.4 is 0 Å². The first kappa shape index (κ1) is 18.5. The normalized spacial score (nSPS) is 17.4. The van der Waals surface area contributed by atoms with Gasteiger partial charge in [-0.3, -0.25) is 0 Å². The Morgan fingerprint density at radius 1 is 1.25 bits per heavy atom. The van der Waals surface area contributed by atoms with Gasteiger partial charge in [-0.05, 0) is 39.2 Å². The third-order valence-electron chi connectivity index (χ3n) is 4.35. The molecule has 4 nitrogen and oxygen atoms in total. The highest BCUT2D eigenvalue weighted by Crippen LogP contribution is 2.33. The number of likely N-dealkylation sites (tertiary alicyclic amines) is 1. The lowest BCUT2D eigenvalue weighted by Crippen LogP contribution is -2.46. The standard InChI is InChI=1S/C20H29NO3/c1-5-20(16-23-15-17-9-7-6-8-10-17)11-13-21(14-12-20)18(22)24-19(2,3)4/h5-10H,1,11-16H2,2-4H3. The number of amides is 1. The maximum absolute atomic E-state index is 12.2. The van der Waals surface area contributed by atoms with Gasteiger partial charge in [0.25, 0.3) is 0 Å². The van der Waals surface area contributed by atoms with Crippen molar-refractivity contribution in [2.75, 3.05) is 19.7 Å². The number of rotatable bonds is 5. The fourth-order valence-corrected chi connectivity index (χ4v) is 2.81. The Morgan fingerprint density at radius 3 is 2.42 bits per heavy atom. The lowest BCUT2D eigenvalue weighted by molar-refractivity contribution is -0.00401. The number of hydrogen-bond donors (Lipinski definition) is 0. The van der Waals surface area contributed by atoms with Crippen molar-refractivity contribution in [1.82, 2.24) is 4.90 Å². The summed E-state index contributed by atoms with van der Waals surface area (Å²) < 4.78 is 11.4. The number of benzene rings is 1. The quantitative estimate of drug-likeness (QED) is 0.750. The first-order valence-corrected chi connectivity index (χ1v) is 8.57. The van der Waals surface area contributed by atoms with Crippen LogP contribution in [0.1, 0.15) is 39.2 Å². The average Bonchev–Trinajstić information content (AvgIpc) is 2.55. The fourth-order valence-electron chi connectivity index (χ4n) is 2.81. The molecular weight excluding hydrogens is 302 g/mol. The van der Waals surface area contributed by atoms with E-state index in [0.717, 1.165) is 12.8 Å². The van der Waals surface area contributed by atoms with E-state index in [0.29, 0.717) is 26.3 Å². The second-order valence-electron chi connectivity index (χ2n) is 7.51. The second kappa shape index (κ2) is 7.84. The third kappa shape index (κ3) is 5.38. The molecule has 1 aromatic carbocycles. The molecule has 0 radical (unpaired) electrons. The van der Waals surface area contributed by atoms with E-state index < -0.39 is 5.60 Å². The van der Waals surface area contributed by atoms with Gasteiger partial charge in [-0.1, -0.05) is 36.4 Å². The second-order valence-corrected chi connectivity index (χ2v) is 7.51. The first-order chi connectivity index (χ1) is 11.3. The lowest BCUT2D eigenvalue weighted by Gasteiger charge is -2.40. The number of piperidine rings is 1. The van der Waals surface area contributed by atoms with Crippen molar-refractivity contribution in [3.8, 4) is 0 Å². The van der Waals surface area contributed by atoms with Crippen LogP contribution in [-0.2, 0) is 16.1 Å². The number of ether oxygens (including phenoxy) is 2. The van der Waals surface area contributed by atoms with E-state index in [1.807, 2.05) is 45.0 Å². The first-order valence-electron chi connectivity index (χ1n) is 8.57. The molecule has 4 heteroatoms. The summed E-state index contributed by atoms with van der Waals surface area (Å²) in [5.74, 6) is 0. The Hall–Kier alpha value is -1.81. The van der Waals surface area contributed by atoms with Gasteiger partial charge in [-0.15, -0.1) is 6.58 Å². The Labute approximate surface area is 145 Å². The van der Waals surface area contributed by atoms with Gasteiger partial charge in [-0.25, -0.2) is 4.79 Å². The van der Waals surface area contributed by atoms with Crippen LogP contribution in [0, 0.1) is 5.41 Å². The molecule has 0 atom stereocenters. The monoisotopic (exact) mass is 331 g/mol.